The Morgan fingerprint density at radius 3 is 2.36 bits per heavy atom. The minimum Gasteiger partial charge on any atom is -0.382 e. The van der Waals surface area contributed by atoms with Gasteiger partial charge in [-0.1, -0.05) is 61.3 Å². The maximum absolute atomic E-state index is 8.88. The lowest BCUT2D eigenvalue weighted by Crippen LogP contribution is -2.25. The Kier molecular flexibility index (Phi) is 12.4. The molecule has 0 saturated carbocycles. The average molecular weight is 554 g/mol. The molecule has 0 saturated heterocycles. The summed E-state index contributed by atoms with van der Waals surface area (Å²) >= 11 is 12.5. The van der Waals surface area contributed by atoms with Crippen molar-refractivity contribution < 1.29 is 19.2 Å². The van der Waals surface area contributed by atoms with E-state index in [2.05, 4.69) is 37.1 Å². The van der Waals surface area contributed by atoms with Gasteiger partial charge in [0.1, 0.15) is 0 Å². The first-order chi connectivity index (χ1) is 17.0. The zero-order valence-electron chi connectivity index (χ0n) is 20.7. The molecule has 1 atom stereocenters. The van der Waals surface area contributed by atoms with Crippen LogP contribution < -0.4 is 5.32 Å². The normalized spacial score (nSPS) is 12.6. The van der Waals surface area contributed by atoms with Gasteiger partial charge in [0.15, 0.2) is 0 Å². The molecule has 0 aliphatic heterocycles. The molecule has 1 aromatic heterocycles. The molecule has 7 nitrogen and oxygen atoms in total. The molecular weight excluding hydrogens is 520 g/mol. The summed E-state index contributed by atoms with van der Waals surface area (Å²) in [4.78, 5) is 28.8. The number of benzene rings is 2. The Labute approximate surface area is 223 Å². The quantitative estimate of drug-likeness (QED) is 0.207. The Morgan fingerprint density at radius 2 is 1.72 bits per heavy atom. The number of phosphoric acid groups is 1. The van der Waals surface area contributed by atoms with E-state index in [1.807, 2.05) is 54.6 Å². The van der Waals surface area contributed by atoms with Gasteiger partial charge in [0.05, 0.1) is 11.2 Å². The summed E-state index contributed by atoms with van der Waals surface area (Å²) in [6, 6.07) is 16.1. The summed E-state index contributed by atoms with van der Waals surface area (Å²) in [7, 11) is -4.64. The van der Waals surface area contributed by atoms with Gasteiger partial charge in [-0.25, -0.2) is 9.55 Å². The smallest absolute Gasteiger partial charge is 0.382 e. The van der Waals surface area contributed by atoms with E-state index in [-0.39, 0.29) is 0 Å². The third-order valence-corrected chi connectivity index (χ3v) is 6.12. The minimum absolute atomic E-state index is 0.359. The zero-order valence-corrected chi connectivity index (χ0v) is 23.1. The highest BCUT2D eigenvalue weighted by molar-refractivity contribution is 7.45. The van der Waals surface area contributed by atoms with Crippen molar-refractivity contribution in [3.8, 4) is 0 Å². The minimum atomic E-state index is -4.64. The van der Waals surface area contributed by atoms with Crippen LogP contribution in [0.5, 0.6) is 0 Å². The van der Waals surface area contributed by atoms with Crippen molar-refractivity contribution in [1.82, 2.24) is 9.88 Å². The summed E-state index contributed by atoms with van der Waals surface area (Å²) < 4.78 is 8.88. The number of hydrogen-bond acceptors (Lipinski definition) is 4. The number of aromatic nitrogens is 1. The van der Waals surface area contributed by atoms with Crippen LogP contribution in [0.4, 0.5) is 5.69 Å². The largest absolute Gasteiger partial charge is 0.466 e. The average Bonchev–Trinajstić information content (AvgIpc) is 2.80. The molecule has 0 amide bonds. The second-order valence-corrected chi connectivity index (χ2v) is 10.2. The number of anilines is 1. The Hall–Kier alpha value is -1.96. The lowest BCUT2D eigenvalue weighted by Gasteiger charge is -2.21. The van der Waals surface area contributed by atoms with E-state index in [0.717, 1.165) is 58.9 Å². The van der Waals surface area contributed by atoms with E-state index in [1.165, 1.54) is 6.42 Å². The molecular formula is C26H34Cl2N3O4P. The fourth-order valence-electron chi connectivity index (χ4n) is 3.71. The van der Waals surface area contributed by atoms with Crippen molar-refractivity contribution in [3.63, 3.8) is 0 Å². The molecule has 3 aromatic rings. The highest BCUT2D eigenvalue weighted by Gasteiger charge is 2.10. The van der Waals surface area contributed by atoms with Crippen LogP contribution in [0.15, 0.2) is 48.5 Å². The fourth-order valence-corrected chi connectivity index (χ4v) is 4.08. The molecule has 2 aromatic carbocycles. The number of fused-ring (bicyclic) bond motifs is 1. The van der Waals surface area contributed by atoms with Crippen LogP contribution >= 0.6 is 31.0 Å². The summed E-state index contributed by atoms with van der Waals surface area (Å²) in [6.07, 6.45) is 6.28. The molecule has 1 heterocycles. The Morgan fingerprint density at radius 1 is 1.06 bits per heavy atom. The predicted molar refractivity (Wildman–Crippen MR) is 152 cm³/mol. The topological polar surface area (TPSA) is 106 Å². The van der Waals surface area contributed by atoms with Crippen LogP contribution in [-0.4, -0.2) is 50.2 Å². The maximum Gasteiger partial charge on any atom is 0.466 e. The van der Waals surface area contributed by atoms with Gasteiger partial charge in [0.2, 0.25) is 0 Å². The number of pyridine rings is 1. The predicted octanol–water partition coefficient (Wildman–Crippen LogP) is 6.71. The molecule has 4 N–H and O–H groups in total. The maximum atomic E-state index is 8.88. The SMILES string of the molecule is CCN(CC)CCCC(C)Nc1cc(/C=C/c2ccccc2Cl)nc2cc(Cl)ccc12.O=P(O)(O)O. The number of hydrogen-bond donors (Lipinski definition) is 4. The van der Waals surface area contributed by atoms with Gasteiger partial charge in [-0.15, -0.1) is 0 Å². The molecule has 1 unspecified atom stereocenters. The summed E-state index contributed by atoms with van der Waals surface area (Å²) in [5.74, 6) is 0. The van der Waals surface area contributed by atoms with Crippen molar-refractivity contribution >= 4 is 59.8 Å². The van der Waals surface area contributed by atoms with E-state index in [4.69, 9.17) is 47.4 Å². The van der Waals surface area contributed by atoms with E-state index >= 15 is 0 Å². The molecule has 0 bridgehead atoms. The molecule has 36 heavy (non-hydrogen) atoms. The third-order valence-electron chi connectivity index (χ3n) is 5.54. The lowest BCUT2D eigenvalue weighted by molar-refractivity contribution is 0.275. The van der Waals surface area contributed by atoms with Gasteiger partial charge in [0, 0.05) is 27.2 Å². The van der Waals surface area contributed by atoms with Crippen LogP contribution in [0, 0.1) is 0 Å². The van der Waals surface area contributed by atoms with Crippen LogP contribution in [0.1, 0.15) is 44.9 Å². The molecule has 0 aliphatic carbocycles. The van der Waals surface area contributed by atoms with Crippen molar-refractivity contribution in [2.24, 2.45) is 0 Å². The zero-order chi connectivity index (χ0) is 26.7. The lowest BCUT2D eigenvalue weighted by atomic mass is 10.1. The molecule has 196 valence electrons. The van der Waals surface area contributed by atoms with Crippen LogP contribution in [0.3, 0.4) is 0 Å². The van der Waals surface area contributed by atoms with Crippen molar-refractivity contribution in [3.05, 3.63) is 69.8 Å². The van der Waals surface area contributed by atoms with Gasteiger partial charge in [0.25, 0.3) is 0 Å². The first-order valence-corrected chi connectivity index (χ1v) is 14.1. The van der Waals surface area contributed by atoms with Gasteiger partial charge in [-0.2, -0.15) is 0 Å². The van der Waals surface area contributed by atoms with Gasteiger partial charge in [-0.3, -0.25) is 0 Å². The molecule has 0 spiro atoms. The van der Waals surface area contributed by atoms with E-state index in [0.29, 0.717) is 11.1 Å². The second kappa shape index (κ2) is 14.7. The molecule has 0 fully saturated rings. The van der Waals surface area contributed by atoms with Gasteiger partial charge >= 0.3 is 7.82 Å². The van der Waals surface area contributed by atoms with Crippen molar-refractivity contribution in [1.29, 1.82) is 0 Å². The number of nitrogens with one attached hydrogen (secondary N) is 1. The first-order valence-electron chi connectivity index (χ1n) is 11.8. The molecule has 0 radical (unpaired) electrons. The van der Waals surface area contributed by atoms with E-state index in [1.54, 1.807) is 0 Å². The van der Waals surface area contributed by atoms with Crippen LogP contribution in [0.25, 0.3) is 23.1 Å². The Balaban J connectivity index is 0.000000830. The van der Waals surface area contributed by atoms with Gasteiger partial charge < -0.3 is 24.9 Å². The molecule has 0 aliphatic rings. The standard InChI is InChI=1S/C26H31Cl2N3.H3O4P/c1-4-31(5-2)16-8-9-19(3)29-26-18-22(14-12-20-10-6-7-11-24(20)28)30-25-17-21(27)13-15-23(25)26;1-5(2,3)4/h6-7,10-15,17-19H,4-5,8-9,16H2,1-3H3,(H,29,30);(H3,1,2,3,4)/b14-12+;. The van der Waals surface area contributed by atoms with Crippen molar-refractivity contribution in [2.45, 2.75) is 39.7 Å². The fraction of sp³-hybridized carbons (Fsp3) is 0.346. The summed E-state index contributed by atoms with van der Waals surface area (Å²) in [6.45, 7) is 10.0. The van der Waals surface area contributed by atoms with Crippen LogP contribution in [0.2, 0.25) is 10.0 Å². The van der Waals surface area contributed by atoms with Crippen LogP contribution in [-0.2, 0) is 4.57 Å². The van der Waals surface area contributed by atoms with Crippen molar-refractivity contribution in [2.75, 3.05) is 25.0 Å². The van der Waals surface area contributed by atoms with Gasteiger partial charge in [-0.05, 0) is 81.4 Å². The number of rotatable bonds is 10. The first kappa shape index (κ1) is 30.3. The molecule has 3 rings (SSSR count). The second-order valence-electron chi connectivity index (χ2n) is 8.34. The number of nitrogens with zero attached hydrogens (tertiary/aromatic N) is 2. The van der Waals surface area contributed by atoms with E-state index < -0.39 is 7.82 Å². The number of halogens is 2. The monoisotopic (exact) mass is 553 g/mol. The molecule has 10 heteroatoms. The summed E-state index contributed by atoms with van der Waals surface area (Å²) in [5.41, 5.74) is 3.80. The highest BCUT2D eigenvalue weighted by Crippen LogP contribution is 2.28. The third kappa shape index (κ3) is 11.0. The summed E-state index contributed by atoms with van der Waals surface area (Å²) in [5, 5.41) is 6.19. The highest BCUT2D eigenvalue weighted by atomic mass is 35.5. The van der Waals surface area contributed by atoms with E-state index in [9.17, 15) is 0 Å². The Bertz CT molecular complexity index is 1190.